The maximum absolute atomic E-state index is 4.34. The van der Waals surface area contributed by atoms with Gasteiger partial charge in [0, 0.05) is 17.8 Å². The molecule has 0 aliphatic rings. The van der Waals surface area contributed by atoms with Gasteiger partial charge in [-0.3, -0.25) is 4.98 Å². The Kier molecular flexibility index (Phi) is 9.87. The molecule has 27 heavy (non-hydrogen) atoms. The first-order valence-electron chi connectivity index (χ1n) is 11.5. The minimum Gasteiger partial charge on any atom is -0.264 e. The lowest BCUT2D eigenvalue weighted by Gasteiger charge is -2.22. The van der Waals surface area contributed by atoms with Crippen LogP contribution in [0.4, 0.5) is 0 Å². The summed E-state index contributed by atoms with van der Waals surface area (Å²) in [6.45, 7) is 9.19. The molecule has 2 aromatic rings. The minimum atomic E-state index is 0.726. The molecule has 0 aliphatic heterocycles. The Bertz CT molecular complexity index is 673. The van der Waals surface area contributed by atoms with Crippen LogP contribution in [0.15, 0.2) is 24.5 Å². The van der Waals surface area contributed by atoms with Gasteiger partial charge in [-0.2, -0.15) is 0 Å². The van der Waals surface area contributed by atoms with Crippen LogP contribution < -0.4 is 0 Å². The Morgan fingerprint density at radius 2 is 1.37 bits per heavy atom. The fourth-order valence-electron chi connectivity index (χ4n) is 4.48. The van der Waals surface area contributed by atoms with E-state index in [2.05, 4.69) is 44.8 Å². The highest BCUT2D eigenvalue weighted by Gasteiger charge is 2.16. The van der Waals surface area contributed by atoms with Gasteiger partial charge in [0.05, 0.1) is 0 Å². The second-order valence-electron chi connectivity index (χ2n) is 8.43. The van der Waals surface area contributed by atoms with Crippen LogP contribution in [-0.4, -0.2) is 4.98 Å². The molecule has 1 aromatic carbocycles. The van der Waals surface area contributed by atoms with E-state index in [1.807, 2.05) is 12.4 Å². The Labute approximate surface area is 168 Å². The van der Waals surface area contributed by atoms with E-state index in [4.69, 9.17) is 0 Å². The fraction of sp³-hybridized carbons (Fsp3) is 0.654. The van der Waals surface area contributed by atoms with Crippen LogP contribution in [-0.2, 0) is 0 Å². The summed E-state index contributed by atoms with van der Waals surface area (Å²) in [6, 6.07) is 4.68. The zero-order valence-electron chi connectivity index (χ0n) is 18.3. The summed E-state index contributed by atoms with van der Waals surface area (Å²) in [5, 5.41) is 2.73. The third kappa shape index (κ3) is 6.63. The van der Waals surface area contributed by atoms with Crippen molar-refractivity contribution in [1.29, 1.82) is 0 Å². The number of fused-ring (bicyclic) bond motifs is 1. The number of unbranched alkanes of at least 4 members (excludes halogenated alkanes) is 8. The van der Waals surface area contributed by atoms with E-state index in [-0.39, 0.29) is 0 Å². The molecule has 0 spiro atoms. The lowest BCUT2D eigenvalue weighted by atomic mass is 9.83. The van der Waals surface area contributed by atoms with Crippen LogP contribution in [0.5, 0.6) is 0 Å². The highest BCUT2D eigenvalue weighted by Crippen LogP contribution is 2.35. The second-order valence-corrected chi connectivity index (χ2v) is 8.43. The number of hydrogen-bond acceptors (Lipinski definition) is 1. The first-order valence-corrected chi connectivity index (χ1v) is 11.5. The van der Waals surface area contributed by atoms with Gasteiger partial charge in [0.1, 0.15) is 0 Å². The number of nitrogens with zero attached hydrogens (tertiary/aromatic N) is 1. The summed E-state index contributed by atoms with van der Waals surface area (Å²) < 4.78 is 0. The first kappa shape index (κ1) is 21.9. The van der Waals surface area contributed by atoms with Crippen LogP contribution in [0.3, 0.4) is 0 Å². The van der Waals surface area contributed by atoms with Gasteiger partial charge in [-0.15, -0.1) is 0 Å². The SMILES string of the molecule is CCCCCCCCC(CCCCCC)c1cc(C)c2cnccc2c1C. The molecule has 1 unspecified atom stereocenters. The molecule has 1 nitrogen and oxygen atoms in total. The normalized spacial score (nSPS) is 12.6. The number of benzene rings is 1. The van der Waals surface area contributed by atoms with Gasteiger partial charge in [0.15, 0.2) is 0 Å². The zero-order chi connectivity index (χ0) is 19.5. The van der Waals surface area contributed by atoms with Crippen molar-refractivity contribution in [1.82, 2.24) is 4.98 Å². The average molecular weight is 368 g/mol. The summed E-state index contributed by atoms with van der Waals surface area (Å²) >= 11 is 0. The van der Waals surface area contributed by atoms with Crippen LogP contribution >= 0.6 is 0 Å². The molecule has 0 fully saturated rings. The predicted octanol–water partition coefficient (Wildman–Crippen LogP) is 8.66. The van der Waals surface area contributed by atoms with Crippen molar-refractivity contribution >= 4 is 10.8 Å². The lowest BCUT2D eigenvalue weighted by Crippen LogP contribution is -2.04. The first-order chi connectivity index (χ1) is 13.2. The zero-order valence-corrected chi connectivity index (χ0v) is 18.3. The van der Waals surface area contributed by atoms with Gasteiger partial charge in [-0.05, 0) is 60.7 Å². The molecule has 0 saturated heterocycles. The molecular weight excluding hydrogens is 326 g/mol. The largest absolute Gasteiger partial charge is 0.264 e. The fourth-order valence-corrected chi connectivity index (χ4v) is 4.48. The summed E-state index contributed by atoms with van der Waals surface area (Å²) in [4.78, 5) is 4.34. The van der Waals surface area contributed by atoms with Gasteiger partial charge in [-0.25, -0.2) is 0 Å². The number of aromatic nitrogens is 1. The van der Waals surface area contributed by atoms with E-state index < -0.39 is 0 Å². The summed E-state index contributed by atoms with van der Waals surface area (Å²) in [6.07, 6.45) is 20.5. The highest BCUT2D eigenvalue weighted by atomic mass is 14.6. The number of hydrogen-bond donors (Lipinski definition) is 0. The van der Waals surface area contributed by atoms with Gasteiger partial charge in [-0.1, -0.05) is 84.1 Å². The number of aryl methyl sites for hydroxylation is 2. The molecule has 0 radical (unpaired) electrons. The molecule has 1 atom stereocenters. The molecule has 2 rings (SSSR count). The summed E-state index contributed by atoms with van der Waals surface area (Å²) in [7, 11) is 0. The average Bonchev–Trinajstić information content (AvgIpc) is 2.69. The molecule has 1 heterocycles. The molecule has 0 aliphatic carbocycles. The van der Waals surface area contributed by atoms with Crippen molar-refractivity contribution < 1.29 is 0 Å². The Hall–Kier alpha value is -1.37. The molecule has 1 heteroatoms. The van der Waals surface area contributed by atoms with Crippen LogP contribution in [0.2, 0.25) is 0 Å². The van der Waals surface area contributed by atoms with E-state index in [9.17, 15) is 0 Å². The molecule has 0 N–H and O–H groups in total. The van der Waals surface area contributed by atoms with Crippen molar-refractivity contribution in [3.8, 4) is 0 Å². The smallest absolute Gasteiger partial charge is 0.0349 e. The van der Waals surface area contributed by atoms with Crippen molar-refractivity contribution in [2.24, 2.45) is 0 Å². The maximum atomic E-state index is 4.34. The molecule has 0 bridgehead atoms. The van der Waals surface area contributed by atoms with Crippen LogP contribution in [0.25, 0.3) is 10.8 Å². The van der Waals surface area contributed by atoms with Crippen LogP contribution in [0, 0.1) is 13.8 Å². The van der Waals surface area contributed by atoms with E-state index >= 15 is 0 Å². The predicted molar refractivity (Wildman–Crippen MR) is 121 cm³/mol. The second kappa shape index (κ2) is 12.2. The van der Waals surface area contributed by atoms with Crippen molar-refractivity contribution in [3.05, 3.63) is 41.2 Å². The topological polar surface area (TPSA) is 12.9 Å². The quantitative estimate of drug-likeness (QED) is 0.323. The Morgan fingerprint density at radius 1 is 0.778 bits per heavy atom. The number of rotatable bonds is 13. The lowest BCUT2D eigenvalue weighted by molar-refractivity contribution is 0.490. The maximum Gasteiger partial charge on any atom is 0.0349 e. The van der Waals surface area contributed by atoms with Crippen molar-refractivity contribution in [2.75, 3.05) is 0 Å². The molecular formula is C26H41N. The van der Waals surface area contributed by atoms with Crippen molar-refractivity contribution in [3.63, 3.8) is 0 Å². The molecule has 0 amide bonds. The highest BCUT2D eigenvalue weighted by molar-refractivity contribution is 5.88. The van der Waals surface area contributed by atoms with Gasteiger partial charge < -0.3 is 0 Å². The van der Waals surface area contributed by atoms with E-state index in [1.54, 1.807) is 5.56 Å². The van der Waals surface area contributed by atoms with Crippen LogP contribution in [0.1, 0.15) is 114 Å². The summed E-state index contributed by atoms with van der Waals surface area (Å²) in [5.41, 5.74) is 4.49. The third-order valence-corrected chi connectivity index (χ3v) is 6.21. The summed E-state index contributed by atoms with van der Waals surface area (Å²) in [5.74, 6) is 0.726. The van der Waals surface area contributed by atoms with E-state index in [0.29, 0.717) is 0 Å². The monoisotopic (exact) mass is 367 g/mol. The van der Waals surface area contributed by atoms with E-state index in [1.165, 1.54) is 98.9 Å². The standard InChI is InChI=1S/C26H41N/c1-5-7-9-11-12-14-16-23(15-13-10-8-6-2)25-19-21(3)26-20-27-18-17-24(26)22(25)4/h17-20,23H,5-16H2,1-4H3. The number of pyridine rings is 1. The van der Waals surface area contributed by atoms with Gasteiger partial charge >= 0.3 is 0 Å². The molecule has 1 aromatic heterocycles. The Balaban J connectivity index is 2.11. The van der Waals surface area contributed by atoms with Gasteiger partial charge in [0.25, 0.3) is 0 Å². The van der Waals surface area contributed by atoms with Crippen molar-refractivity contribution in [2.45, 2.75) is 111 Å². The molecule has 0 saturated carbocycles. The third-order valence-electron chi connectivity index (χ3n) is 6.21. The molecule has 150 valence electrons. The van der Waals surface area contributed by atoms with E-state index in [0.717, 1.165) is 5.92 Å². The minimum absolute atomic E-state index is 0.726. The Morgan fingerprint density at radius 3 is 2.04 bits per heavy atom. The van der Waals surface area contributed by atoms with Gasteiger partial charge in [0.2, 0.25) is 0 Å².